The highest BCUT2D eigenvalue weighted by atomic mass is 19.1. The van der Waals surface area contributed by atoms with Crippen molar-refractivity contribution in [3.05, 3.63) is 52.6 Å². The van der Waals surface area contributed by atoms with Crippen LogP contribution in [0.3, 0.4) is 0 Å². The number of amides is 2. The molecule has 1 aliphatic carbocycles. The van der Waals surface area contributed by atoms with E-state index in [1.54, 1.807) is 13.0 Å². The number of carbonyl (C=O) groups is 2. The van der Waals surface area contributed by atoms with Crippen molar-refractivity contribution in [1.29, 1.82) is 0 Å². The van der Waals surface area contributed by atoms with E-state index in [0.717, 1.165) is 16.7 Å². The summed E-state index contributed by atoms with van der Waals surface area (Å²) in [6.07, 6.45) is 3.09. The molecule has 1 saturated heterocycles. The largest absolute Gasteiger partial charge is 0.355 e. The first-order valence-electron chi connectivity index (χ1n) is 9.45. The van der Waals surface area contributed by atoms with Gasteiger partial charge in [0.05, 0.1) is 6.54 Å². The molecular formula is C21H22FN3O3. The highest BCUT2D eigenvalue weighted by Gasteiger charge is 2.36. The Morgan fingerprint density at radius 1 is 1.39 bits per heavy atom. The number of fused-ring (bicyclic) bond motifs is 3. The minimum Gasteiger partial charge on any atom is -0.355 e. The Balaban J connectivity index is 1.68. The zero-order valence-corrected chi connectivity index (χ0v) is 16.1. The van der Waals surface area contributed by atoms with Crippen molar-refractivity contribution in [3.63, 3.8) is 0 Å². The van der Waals surface area contributed by atoms with Gasteiger partial charge in [0.2, 0.25) is 5.91 Å². The van der Waals surface area contributed by atoms with Crippen LogP contribution in [0.5, 0.6) is 0 Å². The van der Waals surface area contributed by atoms with E-state index < -0.39 is 6.04 Å². The first kappa shape index (κ1) is 18.4. The highest BCUT2D eigenvalue weighted by molar-refractivity contribution is 5.99. The minimum absolute atomic E-state index is 0.218. The average molecular weight is 383 g/mol. The maximum atomic E-state index is 13.5. The van der Waals surface area contributed by atoms with Crippen LogP contribution < -0.4 is 5.32 Å². The van der Waals surface area contributed by atoms with E-state index in [1.165, 1.54) is 17.0 Å². The van der Waals surface area contributed by atoms with E-state index in [2.05, 4.69) is 10.5 Å². The lowest BCUT2D eigenvalue weighted by molar-refractivity contribution is -0.125. The number of nitrogens with one attached hydrogen (secondary N) is 1. The molecular weight excluding hydrogens is 361 g/mol. The Morgan fingerprint density at radius 3 is 2.93 bits per heavy atom. The predicted molar refractivity (Wildman–Crippen MR) is 101 cm³/mol. The maximum absolute atomic E-state index is 13.5. The van der Waals surface area contributed by atoms with Gasteiger partial charge in [-0.2, -0.15) is 0 Å². The second kappa shape index (κ2) is 6.89. The number of piperazine rings is 1. The molecule has 146 valence electrons. The summed E-state index contributed by atoms with van der Waals surface area (Å²) < 4.78 is 19.0. The molecule has 1 N–H and O–H groups in total. The van der Waals surface area contributed by atoms with Crippen LogP contribution in [0.4, 0.5) is 4.39 Å². The quantitative estimate of drug-likeness (QED) is 0.865. The molecule has 1 atom stereocenters. The Hall–Kier alpha value is -2.96. The van der Waals surface area contributed by atoms with Crippen LogP contribution in [0.15, 0.2) is 34.5 Å². The number of carbonyl (C=O) groups excluding carboxylic acids is 2. The van der Waals surface area contributed by atoms with Crippen LogP contribution in [0.2, 0.25) is 0 Å². The van der Waals surface area contributed by atoms with Crippen molar-refractivity contribution in [2.45, 2.75) is 39.7 Å². The fourth-order valence-electron chi connectivity index (χ4n) is 3.82. The maximum Gasteiger partial charge on any atom is 0.277 e. The molecule has 6 nitrogen and oxygen atoms in total. The third kappa shape index (κ3) is 3.10. The SMILES string of the molecule is CC(C)/C=C1\CN(C(=O)c2noc3c2CCc2cc(F)ccc2-3)C(C)C(=O)N1. The van der Waals surface area contributed by atoms with Gasteiger partial charge in [0.15, 0.2) is 11.5 Å². The van der Waals surface area contributed by atoms with Crippen molar-refractivity contribution in [2.75, 3.05) is 6.54 Å². The Kier molecular flexibility index (Phi) is 4.53. The molecule has 1 aliphatic heterocycles. The molecule has 0 saturated carbocycles. The van der Waals surface area contributed by atoms with Gasteiger partial charge < -0.3 is 14.7 Å². The van der Waals surface area contributed by atoms with Gasteiger partial charge in [0.25, 0.3) is 5.91 Å². The summed E-state index contributed by atoms with van der Waals surface area (Å²) in [6, 6.07) is 3.91. The predicted octanol–water partition coefficient (Wildman–Crippen LogP) is 3.08. The van der Waals surface area contributed by atoms with E-state index in [4.69, 9.17) is 4.52 Å². The Labute approximate surface area is 162 Å². The molecule has 0 radical (unpaired) electrons. The van der Waals surface area contributed by atoms with E-state index in [1.807, 2.05) is 19.9 Å². The molecule has 1 aromatic carbocycles. The van der Waals surface area contributed by atoms with Crippen molar-refractivity contribution in [3.8, 4) is 11.3 Å². The molecule has 0 bridgehead atoms. The second-order valence-electron chi connectivity index (χ2n) is 7.67. The summed E-state index contributed by atoms with van der Waals surface area (Å²) in [5.41, 5.74) is 3.27. The standard InChI is InChI=1S/C21H22FN3O3/c1-11(2)8-15-10-25(12(3)20(26)23-15)21(27)18-17-6-4-13-9-14(22)5-7-16(13)19(17)28-24-18/h5,7-9,11-12H,4,6,10H2,1-3H3,(H,23,26)/b15-8+. The number of aryl methyl sites for hydroxylation is 1. The van der Waals surface area contributed by atoms with Crippen molar-refractivity contribution >= 4 is 11.8 Å². The lowest BCUT2D eigenvalue weighted by atomic mass is 9.89. The van der Waals surface area contributed by atoms with Gasteiger partial charge in [0.1, 0.15) is 11.9 Å². The fraction of sp³-hybridized carbons (Fsp3) is 0.381. The fourth-order valence-corrected chi connectivity index (χ4v) is 3.82. The zero-order chi connectivity index (χ0) is 20.0. The molecule has 2 aliphatic rings. The number of hydrogen-bond acceptors (Lipinski definition) is 4. The number of nitrogens with zero attached hydrogens (tertiary/aromatic N) is 2. The lowest BCUT2D eigenvalue weighted by Gasteiger charge is -2.34. The summed E-state index contributed by atoms with van der Waals surface area (Å²) in [7, 11) is 0. The molecule has 2 heterocycles. The minimum atomic E-state index is -0.603. The topological polar surface area (TPSA) is 75.4 Å². The molecule has 1 unspecified atom stereocenters. The number of halogens is 1. The normalized spacial score (nSPS) is 20.2. The third-order valence-corrected chi connectivity index (χ3v) is 5.21. The molecule has 2 aromatic rings. The van der Waals surface area contributed by atoms with Gasteiger partial charge in [-0.15, -0.1) is 0 Å². The Morgan fingerprint density at radius 2 is 2.18 bits per heavy atom. The first-order valence-corrected chi connectivity index (χ1v) is 9.45. The first-order chi connectivity index (χ1) is 13.3. The lowest BCUT2D eigenvalue weighted by Crippen LogP contribution is -2.55. The average Bonchev–Trinajstić information content (AvgIpc) is 3.07. The van der Waals surface area contributed by atoms with Crippen LogP contribution in [0.1, 0.15) is 42.4 Å². The van der Waals surface area contributed by atoms with Gasteiger partial charge >= 0.3 is 0 Å². The number of hydrogen-bond donors (Lipinski definition) is 1. The van der Waals surface area contributed by atoms with Gasteiger partial charge in [-0.1, -0.05) is 25.1 Å². The van der Waals surface area contributed by atoms with E-state index in [0.29, 0.717) is 30.8 Å². The molecule has 1 fully saturated rings. The summed E-state index contributed by atoms with van der Waals surface area (Å²) in [5, 5.41) is 6.89. The molecule has 0 spiro atoms. The number of rotatable bonds is 2. The monoisotopic (exact) mass is 383 g/mol. The van der Waals surface area contributed by atoms with Crippen LogP contribution >= 0.6 is 0 Å². The van der Waals surface area contributed by atoms with E-state index in [-0.39, 0.29) is 29.2 Å². The van der Waals surface area contributed by atoms with Crippen LogP contribution in [-0.4, -0.2) is 34.5 Å². The molecule has 2 amide bonds. The smallest absolute Gasteiger partial charge is 0.277 e. The van der Waals surface area contributed by atoms with Crippen molar-refractivity contribution < 1.29 is 18.5 Å². The Bertz CT molecular complexity index is 993. The number of aromatic nitrogens is 1. The van der Waals surface area contributed by atoms with Crippen molar-refractivity contribution in [2.24, 2.45) is 5.92 Å². The number of benzene rings is 1. The summed E-state index contributed by atoms with van der Waals surface area (Å²) in [4.78, 5) is 27.1. The molecule has 1 aromatic heterocycles. The zero-order valence-electron chi connectivity index (χ0n) is 16.1. The van der Waals surface area contributed by atoms with Crippen LogP contribution in [0, 0.1) is 11.7 Å². The summed E-state index contributed by atoms with van der Waals surface area (Å²) in [6.45, 7) is 6.03. The summed E-state index contributed by atoms with van der Waals surface area (Å²) in [5.74, 6) is -0.0816. The van der Waals surface area contributed by atoms with E-state index in [9.17, 15) is 14.0 Å². The third-order valence-electron chi connectivity index (χ3n) is 5.21. The summed E-state index contributed by atoms with van der Waals surface area (Å²) >= 11 is 0. The molecule has 4 rings (SSSR count). The molecule has 28 heavy (non-hydrogen) atoms. The van der Waals surface area contributed by atoms with Gasteiger partial charge in [0, 0.05) is 16.8 Å². The van der Waals surface area contributed by atoms with Gasteiger partial charge in [-0.3, -0.25) is 9.59 Å². The van der Waals surface area contributed by atoms with Crippen molar-refractivity contribution in [1.82, 2.24) is 15.4 Å². The van der Waals surface area contributed by atoms with Gasteiger partial charge in [-0.05, 0) is 49.4 Å². The highest BCUT2D eigenvalue weighted by Crippen LogP contribution is 2.36. The molecule has 7 heteroatoms. The van der Waals surface area contributed by atoms with Gasteiger partial charge in [-0.25, -0.2) is 4.39 Å². The number of allylic oxidation sites excluding steroid dienone is 1. The van der Waals surface area contributed by atoms with Crippen LogP contribution in [-0.2, 0) is 17.6 Å². The van der Waals surface area contributed by atoms with Crippen LogP contribution in [0.25, 0.3) is 11.3 Å². The second-order valence-corrected chi connectivity index (χ2v) is 7.67. The van der Waals surface area contributed by atoms with E-state index >= 15 is 0 Å².